The molecule has 0 spiro atoms. The van der Waals surface area contributed by atoms with Gasteiger partial charge in [-0.15, -0.1) is 0 Å². The number of hydrogen-bond acceptors (Lipinski definition) is 3. The molecule has 0 aliphatic heterocycles. The Morgan fingerprint density at radius 1 is 0.347 bits per heavy atom. The molecule has 0 amide bonds. The van der Waals surface area contributed by atoms with Crippen molar-refractivity contribution in [2.24, 2.45) is 0 Å². The second-order valence-corrected chi connectivity index (χ2v) is 16.2. The Labute approximate surface area is 296 Å². The Kier molecular flexibility index (Phi) is 13.1. The fourth-order valence-corrected chi connectivity index (χ4v) is 9.54. The average Bonchev–Trinajstić information content (AvgIpc) is 3.15. The molecule has 7 rings (SSSR count). The second-order valence-electron chi connectivity index (χ2n) is 10.8. The summed E-state index contributed by atoms with van der Waals surface area (Å²) < 4.78 is 31.2. The molecular weight excluding hydrogens is 661 g/mol. The molecule has 49 heavy (non-hydrogen) atoms. The molecule has 0 aliphatic carbocycles. The van der Waals surface area contributed by atoms with E-state index in [2.05, 4.69) is 182 Å². The van der Waals surface area contributed by atoms with Crippen molar-refractivity contribution in [3.8, 4) is 0 Å². The van der Waals surface area contributed by atoms with Gasteiger partial charge in [-0.05, 0) is 91.9 Å². The number of rotatable bonds is 7. The smallest absolute Gasteiger partial charge is 0.166 e. The highest BCUT2D eigenvalue weighted by Crippen LogP contribution is 2.31. The van der Waals surface area contributed by atoms with Gasteiger partial charge in [0.2, 0.25) is 0 Å². The van der Waals surface area contributed by atoms with Crippen LogP contribution in [0.3, 0.4) is 0 Å². The molecule has 0 N–H and O–H groups in total. The van der Waals surface area contributed by atoms with Crippen LogP contribution in [0.4, 0.5) is 0 Å². The molecule has 0 saturated carbocycles. The van der Waals surface area contributed by atoms with E-state index in [9.17, 15) is 13.0 Å². The Bertz CT molecular complexity index is 1750. The first-order valence-electron chi connectivity index (χ1n) is 15.7. The Morgan fingerprint density at radius 3 is 0.735 bits per heavy atom. The van der Waals surface area contributed by atoms with E-state index < -0.39 is 10.1 Å². The first-order valence-corrected chi connectivity index (χ1v) is 19.6. The summed E-state index contributed by atoms with van der Waals surface area (Å²) in [5, 5.41) is 0. The van der Waals surface area contributed by atoms with E-state index in [1.807, 2.05) is 6.92 Å². The van der Waals surface area contributed by atoms with Crippen molar-refractivity contribution in [1.82, 2.24) is 0 Å². The average molecular weight is 698 g/mol. The quantitative estimate of drug-likeness (QED) is 0.123. The van der Waals surface area contributed by atoms with Crippen LogP contribution in [-0.4, -0.2) is 13.0 Å². The summed E-state index contributed by atoms with van der Waals surface area (Å²) in [5.41, 5.74) is 0.928. The van der Waals surface area contributed by atoms with E-state index in [1.165, 1.54) is 41.5 Å². The third kappa shape index (κ3) is 10.6. The number of hydrogen-bond donors (Lipinski definition) is 0. The molecule has 7 aromatic carbocycles. The highest BCUT2D eigenvalue weighted by molar-refractivity contribution is 7.97. The molecule has 0 saturated heterocycles. The predicted octanol–water partition coefficient (Wildman–Crippen LogP) is 10.5. The summed E-state index contributed by atoms with van der Waals surface area (Å²) in [5.74, 6) is 0. The van der Waals surface area contributed by atoms with Crippen LogP contribution in [0.1, 0.15) is 5.56 Å². The van der Waals surface area contributed by atoms with Crippen molar-refractivity contribution in [1.29, 1.82) is 0 Å². The lowest BCUT2D eigenvalue weighted by Crippen LogP contribution is -2.04. The van der Waals surface area contributed by atoms with Gasteiger partial charge in [0.25, 0.3) is 0 Å². The molecular formula is C43H37O3S3+. The molecule has 0 bridgehead atoms. The second kappa shape index (κ2) is 18.1. The predicted molar refractivity (Wildman–Crippen MR) is 202 cm³/mol. The maximum atomic E-state index is 10.4. The number of benzene rings is 7. The van der Waals surface area contributed by atoms with Crippen molar-refractivity contribution >= 4 is 31.9 Å². The van der Waals surface area contributed by atoms with Crippen LogP contribution in [0.25, 0.3) is 0 Å². The highest BCUT2D eigenvalue weighted by atomic mass is 32.2. The summed E-state index contributed by atoms with van der Waals surface area (Å²) >= 11 is 0. The van der Waals surface area contributed by atoms with Crippen LogP contribution in [0, 0.1) is 6.92 Å². The topological polar surface area (TPSA) is 57.2 Å². The Morgan fingerprint density at radius 2 is 0.551 bits per heavy atom. The molecule has 0 fully saturated rings. The van der Waals surface area contributed by atoms with Gasteiger partial charge in [-0.25, -0.2) is 8.42 Å². The SMILES string of the molecule is Cc1ccc(S(=O)(=O)[O-])cc1.c1ccc([S+](c2ccccc2)c2ccccc2)cc1.c1ccc([S+](c2ccccc2)c2ccccc2)cc1. The standard InChI is InChI=1S/2C18H15S.C7H8O3S/c2*1-4-10-16(11-5-1)19(17-12-6-2-7-13-17)18-14-8-3-9-15-18;1-6-2-4-7(5-3-6)11(8,9)10/h2*1-15H;2-5H,1H3,(H,8,9,10)/q2*+1;/p-1. The molecule has 3 nitrogen and oxygen atoms in total. The van der Waals surface area contributed by atoms with Gasteiger partial charge in [-0.2, -0.15) is 0 Å². The van der Waals surface area contributed by atoms with Crippen LogP contribution in [0.15, 0.2) is 241 Å². The van der Waals surface area contributed by atoms with Gasteiger partial charge in [-0.3, -0.25) is 0 Å². The van der Waals surface area contributed by atoms with Crippen molar-refractivity contribution in [3.05, 3.63) is 212 Å². The van der Waals surface area contributed by atoms with Crippen LogP contribution in [0.5, 0.6) is 0 Å². The first-order chi connectivity index (χ1) is 23.9. The minimum Gasteiger partial charge on any atom is -0.744 e. The van der Waals surface area contributed by atoms with Gasteiger partial charge in [0.05, 0.1) is 26.7 Å². The van der Waals surface area contributed by atoms with Crippen LogP contribution < -0.4 is 0 Å². The first kappa shape index (κ1) is 35.5. The summed E-state index contributed by atoms with van der Waals surface area (Å²) in [7, 11) is -4.30. The Balaban J connectivity index is 0.000000149. The maximum Gasteiger partial charge on any atom is 0.166 e. The van der Waals surface area contributed by atoms with E-state index in [-0.39, 0.29) is 26.7 Å². The number of aryl methyl sites for hydroxylation is 1. The van der Waals surface area contributed by atoms with Crippen LogP contribution in [-0.2, 0) is 31.9 Å². The van der Waals surface area contributed by atoms with Gasteiger partial charge in [-0.1, -0.05) is 127 Å². The van der Waals surface area contributed by atoms with Gasteiger partial charge >= 0.3 is 0 Å². The lowest BCUT2D eigenvalue weighted by molar-refractivity contribution is 0.463. The summed E-state index contributed by atoms with van der Waals surface area (Å²) in [6.45, 7) is 1.82. The molecule has 0 heterocycles. The van der Waals surface area contributed by atoms with Gasteiger partial charge in [0, 0.05) is 0 Å². The van der Waals surface area contributed by atoms with E-state index >= 15 is 0 Å². The summed E-state index contributed by atoms with van der Waals surface area (Å²) in [6, 6.07) is 70.1. The van der Waals surface area contributed by atoms with Gasteiger partial charge < -0.3 is 4.55 Å². The van der Waals surface area contributed by atoms with E-state index in [0.717, 1.165) is 5.56 Å². The summed E-state index contributed by atoms with van der Waals surface area (Å²) in [4.78, 5) is 7.99. The molecule has 0 aliphatic rings. The molecule has 7 aromatic rings. The highest BCUT2D eigenvalue weighted by Gasteiger charge is 2.28. The van der Waals surface area contributed by atoms with Crippen molar-refractivity contribution in [2.75, 3.05) is 0 Å². The zero-order valence-electron chi connectivity index (χ0n) is 27.1. The lowest BCUT2D eigenvalue weighted by Gasteiger charge is -2.07. The van der Waals surface area contributed by atoms with E-state index in [4.69, 9.17) is 0 Å². The molecule has 0 radical (unpaired) electrons. The normalized spacial score (nSPS) is 10.8. The summed E-state index contributed by atoms with van der Waals surface area (Å²) in [6.07, 6.45) is 0. The van der Waals surface area contributed by atoms with Gasteiger partial charge in [0.15, 0.2) is 29.4 Å². The zero-order valence-corrected chi connectivity index (χ0v) is 29.5. The van der Waals surface area contributed by atoms with E-state index in [0.29, 0.717) is 0 Å². The van der Waals surface area contributed by atoms with Crippen molar-refractivity contribution in [2.45, 2.75) is 41.2 Å². The minimum atomic E-state index is -4.27. The molecule has 244 valence electrons. The molecule has 0 aromatic heterocycles. The fourth-order valence-electron chi connectivity index (χ4n) is 4.86. The van der Waals surface area contributed by atoms with Gasteiger partial charge in [0.1, 0.15) is 10.1 Å². The van der Waals surface area contributed by atoms with Crippen molar-refractivity contribution < 1.29 is 13.0 Å². The lowest BCUT2D eigenvalue weighted by atomic mass is 10.2. The fraction of sp³-hybridized carbons (Fsp3) is 0.0233. The third-order valence-corrected chi connectivity index (χ3v) is 12.5. The molecule has 0 atom stereocenters. The zero-order chi connectivity index (χ0) is 34.3. The maximum absolute atomic E-state index is 10.4. The third-order valence-electron chi connectivity index (χ3n) is 7.18. The van der Waals surface area contributed by atoms with E-state index in [1.54, 1.807) is 12.1 Å². The Hall–Kier alpha value is -4.85. The molecule has 6 heteroatoms. The minimum absolute atomic E-state index is 0.0146. The largest absolute Gasteiger partial charge is 0.744 e. The monoisotopic (exact) mass is 697 g/mol. The molecule has 0 unspecified atom stereocenters. The van der Waals surface area contributed by atoms with Crippen LogP contribution >= 0.6 is 0 Å². The van der Waals surface area contributed by atoms with Crippen LogP contribution in [0.2, 0.25) is 0 Å². The van der Waals surface area contributed by atoms with Crippen molar-refractivity contribution in [3.63, 3.8) is 0 Å².